The molecule has 0 bridgehead atoms. The molecule has 5 nitrogen and oxygen atoms in total. The number of carbonyl (C=O) groups excluding carboxylic acids is 1. The maximum atomic E-state index is 13.1. The number of piperidine rings is 1. The molecular weight excluding hydrogens is 456 g/mol. The minimum absolute atomic E-state index is 0.0420. The first-order chi connectivity index (χ1) is 15.9. The van der Waals surface area contributed by atoms with Crippen LogP contribution in [0.3, 0.4) is 0 Å². The molecule has 1 amide bonds. The molecule has 0 radical (unpaired) electrons. The predicted molar refractivity (Wildman–Crippen MR) is 131 cm³/mol. The highest BCUT2D eigenvalue weighted by Gasteiger charge is 2.32. The highest BCUT2D eigenvalue weighted by molar-refractivity contribution is 7.88. The fraction of sp³-hybridized carbons (Fsp3) is 0.269. The van der Waals surface area contributed by atoms with Crippen LogP contribution in [0.25, 0.3) is 0 Å². The predicted octanol–water partition coefficient (Wildman–Crippen LogP) is 4.79. The topological polar surface area (TPSA) is 66.5 Å². The molecule has 1 N–H and O–H groups in total. The standard InChI is InChI=1S/C26H27ClN2O3S/c27-24-13-7-8-20(18-24)19-33(31,32)29-16-14-23(15-17-29)26(30)28-25(21-9-3-1-4-10-21)22-11-5-2-6-12-22/h1-13,18,23,25H,14-17,19H2,(H,28,30). The second-order valence-corrected chi connectivity index (χ2v) is 10.7. The van der Waals surface area contributed by atoms with Crippen LogP contribution in [-0.2, 0) is 20.6 Å². The molecule has 33 heavy (non-hydrogen) atoms. The normalized spacial score (nSPS) is 15.5. The Balaban J connectivity index is 1.40. The van der Waals surface area contributed by atoms with Gasteiger partial charge in [-0.25, -0.2) is 12.7 Å². The number of rotatable bonds is 7. The molecule has 0 spiro atoms. The van der Waals surface area contributed by atoms with Crippen LogP contribution >= 0.6 is 11.6 Å². The lowest BCUT2D eigenvalue weighted by atomic mass is 9.94. The second kappa shape index (κ2) is 10.5. The number of nitrogens with one attached hydrogen (secondary N) is 1. The summed E-state index contributed by atoms with van der Waals surface area (Å²) in [6.45, 7) is 0.671. The van der Waals surface area contributed by atoms with E-state index in [1.54, 1.807) is 24.3 Å². The smallest absolute Gasteiger partial charge is 0.223 e. The number of hydrogen-bond acceptors (Lipinski definition) is 3. The molecule has 1 heterocycles. The monoisotopic (exact) mass is 482 g/mol. The minimum Gasteiger partial charge on any atom is -0.345 e. The highest BCUT2D eigenvalue weighted by Crippen LogP contribution is 2.26. The Bertz CT molecular complexity index is 1140. The summed E-state index contributed by atoms with van der Waals surface area (Å²) in [6.07, 6.45) is 0.994. The first-order valence-corrected chi connectivity index (χ1v) is 13.0. The van der Waals surface area contributed by atoms with Gasteiger partial charge in [0.15, 0.2) is 0 Å². The summed E-state index contributed by atoms with van der Waals surface area (Å²) >= 11 is 5.99. The van der Waals surface area contributed by atoms with Gasteiger partial charge in [-0.2, -0.15) is 0 Å². The van der Waals surface area contributed by atoms with E-state index in [9.17, 15) is 13.2 Å². The van der Waals surface area contributed by atoms with Crippen molar-refractivity contribution in [1.82, 2.24) is 9.62 Å². The van der Waals surface area contributed by atoms with Gasteiger partial charge in [0.1, 0.15) is 0 Å². The summed E-state index contributed by atoms with van der Waals surface area (Å²) in [5.74, 6) is -0.355. The van der Waals surface area contributed by atoms with E-state index < -0.39 is 10.0 Å². The van der Waals surface area contributed by atoms with Crippen molar-refractivity contribution in [2.24, 2.45) is 5.92 Å². The lowest BCUT2D eigenvalue weighted by Gasteiger charge is -2.31. The fourth-order valence-electron chi connectivity index (χ4n) is 4.24. The number of benzene rings is 3. The van der Waals surface area contributed by atoms with Crippen molar-refractivity contribution in [2.45, 2.75) is 24.6 Å². The average molecular weight is 483 g/mol. The van der Waals surface area contributed by atoms with Crippen LogP contribution in [0.15, 0.2) is 84.9 Å². The van der Waals surface area contributed by atoms with Crippen LogP contribution in [-0.4, -0.2) is 31.7 Å². The molecule has 0 aromatic heterocycles. The summed E-state index contributed by atoms with van der Waals surface area (Å²) in [4.78, 5) is 13.1. The van der Waals surface area contributed by atoms with Gasteiger partial charge in [0, 0.05) is 24.0 Å². The van der Waals surface area contributed by atoms with Gasteiger partial charge in [0.05, 0.1) is 11.8 Å². The van der Waals surface area contributed by atoms with Gasteiger partial charge in [-0.15, -0.1) is 0 Å². The molecule has 0 unspecified atom stereocenters. The van der Waals surface area contributed by atoms with Crippen LogP contribution in [0, 0.1) is 5.92 Å². The molecule has 3 aromatic carbocycles. The van der Waals surface area contributed by atoms with Crippen LogP contribution in [0.5, 0.6) is 0 Å². The summed E-state index contributed by atoms with van der Waals surface area (Å²) in [7, 11) is -3.47. The third-order valence-corrected chi connectivity index (χ3v) is 8.09. The van der Waals surface area contributed by atoms with Crippen molar-refractivity contribution in [3.8, 4) is 0 Å². The quantitative estimate of drug-likeness (QED) is 0.526. The molecule has 0 aliphatic carbocycles. The Morgan fingerprint density at radius 3 is 2.03 bits per heavy atom. The van der Waals surface area contributed by atoms with Gasteiger partial charge in [0.25, 0.3) is 0 Å². The van der Waals surface area contributed by atoms with Crippen molar-refractivity contribution in [2.75, 3.05) is 13.1 Å². The average Bonchev–Trinajstić information content (AvgIpc) is 2.83. The van der Waals surface area contributed by atoms with Gasteiger partial charge in [-0.05, 0) is 41.7 Å². The number of amides is 1. The van der Waals surface area contributed by atoms with E-state index >= 15 is 0 Å². The maximum Gasteiger partial charge on any atom is 0.223 e. The third kappa shape index (κ3) is 6.02. The van der Waals surface area contributed by atoms with Gasteiger partial charge in [0.2, 0.25) is 15.9 Å². The number of hydrogen-bond donors (Lipinski definition) is 1. The van der Waals surface area contributed by atoms with Gasteiger partial charge >= 0.3 is 0 Å². The zero-order valence-corrected chi connectivity index (χ0v) is 19.8. The zero-order valence-electron chi connectivity index (χ0n) is 18.2. The summed E-state index contributed by atoms with van der Waals surface area (Å²) in [5.41, 5.74) is 2.69. The van der Waals surface area contributed by atoms with Crippen molar-refractivity contribution in [3.63, 3.8) is 0 Å². The van der Waals surface area contributed by atoms with Crippen LogP contribution in [0.2, 0.25) is 5.02 Å². The Hall–Kier alpha value is -2.67. The number of sulfonamides is 1. The third-order valence-electron chi connectivity index (χ3n) is 6.01. The van der Waals surface area contributed by atoms with E-state index in [-0.39, 0.29) is 23.6 Å². The van der Waals surface area contributed by atoms with Crippen molar-refractivity contribution in [3.05, 3.63) is 107 Å². The minimum atomic E-state index is -3.47. The Morgan fingerprint density at radius 1 is 0.909 bits per heavy atom. The van der Waals surface area contributed by atoms with Crippen LogP contribution < -0.4 is 5.32 Å². The second-order valence-electron chi connectivity index (χ2n) is 8.32. The molecule has 172 valence electrons. The number of nitrogens with zero attached hydrogens (tertiary/aromatic N) is 1. The van der Waals surface area contributed by atoms with Crippen LogP contribution in [0.1, 0.15) is 35.6 Å². The van der Waals surface area contributed by atoms with E-state index in [4.69, 9.17) is 11.6 Å². The molecule has 0 atom stereocenters. The molecule has 1 saturated heterocycles. The Morgan fingerprint density at radius 2 is 1.48 bits per heavy atom. The van der Waals surface area contributed by atoms with E-state index in [1.807, 2.05) is 60.7 Å². The molecular formula is C26H27ClN2O3S. The highest BCUT2D eigenvalue weighted by atomic mass is 35.5. The molecule has 1 fully saturated rings. The van der Waals surface area contributed by atoms with Crippen molar-refractivity contribution < 1.29 is 13.2 Å². The first kappa shape index (κ1) is 23.5. The van der Waals surface area contributed by atoms with Gasteiger partial charge in [-0.1, -0.05) is 84.4 Å². The molecule has 1 aliphatic heterocycles. The van der Waals surface area contributed by atoms with E-state index in [0.717, 1.165) is 11.1 Å². The Kier molecular flexibility index (Phi) is 7.48. The van der Waals surface area contributed by atoms with Crippen LogP contribution in [0.4, 0.5) is 0 Å². The number of halogens is 1. The largest absolute Gasteiger partial charge is 0.345 e. The first-order valence-electron chi connectivity index (χ1n) is 11.0. The van der Waals surface area contributed by atoms with E-state index in [2.05, 4.69) is 5.32 Å². The summed E-state index contributed by atoms with van der Waals surface area (Å²) in [6, 6.07) is 26.4. The molecule has 4 rings (SSSR count). The van der Waals surface area contributed by atoms with E-state index in [1.165, 1.54) is 4.31 Å². The van der Waals surface area contributed by atoms with E-state index in [0.29, 0.717) is 36.5 Å². The molecule has 0 saturated carbocycles. The SMILES string of the molecule is O=C(NC(c1ccccc1)c1ccccc1)C1CCN(S(=O)(=O)Cc2cccc(Cl)c2)CC1. The molecule has 3 aromatic rings. The summed E-state index contributed by atoms with van der Waals surface area (Å²) in [5, 5.41) is 3.72. The van der Waals surface area contributed by atoms with Gasteiger partial charge in [-0.3, -0.25) is 4.79 Å². The maximum absolute atomic E-state index is 13.1. The van der Waals surface area contributed by atoms with Gasteiger partial charge < -0.3 is 5.32 Å². The Labute approximate surface area is 200 Å². The lowest BCUT2D eigenvalue weighted by molar-refractivity contribution is -0.126. The van der Waals surface area contributed by atoms with Crippen molar-refractivity contribution in [1.29, 1.82) is 0 Å². The summed E-state index contributed by atoms with van der Waals surface area (Å²) < 4.78 is 27.2. The number of carbonyl (C=O) groups is 1. The molecule has 7 heteroatoms. The zero-order chi connectivity index (χ0) is 23.3. The fourth-order valence-corrected chi connectivity index (χ4v) is 6.00. The molecule has 1 aliphatic rings. The van der Waals surface area contributed by atoms with Crippen molar-refractivity contribution >= 4 is 27.5 Å². The lowest BCUT2D eigenvalue weighted by Crippen LogP contribution is -2.44.